The average molecular weight is 268 g/mol. The van der Waals surface area contributed by atoms with Crippen molar-refractivity contribution in [1.29, 1.82) is 0 Å². The molecule has 0 aliphatic carbocycles. The van der Waals surface area contributed by atoms with Gasteiger partial charge in [0.15, 0.2) is 0 Å². The molecule has 0 radical (unpaired) electrons. The zero-order valence-electron chi connectivity index (χ0n) is 10.7. The van der Waals surface area contributed by atoms with Crippen LogP contribution >= 0.6 is 0 Å². The van der Waals surface area contributed by atoms with E-state index in [1.165, 1.54) is 24.3 Å². The summed E-state index contributed by atoms with van der Waals surface area (Å²) in [6, 6.07) is 4.50. The van der Waals surface area contributed by atoms with E-state index in [0.29, 0.717) is 12.2 Å². The third kappa shape index (κ3) is 5.48. The van der Waals surface area contributed by atoms with Crippen molar-refractivity contribution < 1.29 is 24.4 Å². The van der Waals surface area contributed by atoms with Crippen LogP contribution in [0.3, 0.4) is 0 Å². The van der Waals surface area contributed by atoms with E-state index in [9.17, 15) is 19.1 Å². The summed E-state index contributed by atoms with van der Waals surface area (Å²) in [7, 11) is 0. The van der Waals surface area contributed by atoms with Crippen LogP contribution in [0.15, 0.2) is 24.3 Å². The Morgan fingerprint density at radius 2 is 2.21 bits per heavy atom. The first-order valence-electron chi connectivity index (χ1n) is 6.12. The lowest BCUT2D eigenvalue weighted by molar-refractivity contribution is -0.682. The summed E-state index contributed by atoms with van der Waals surface area (Å²) < 4.78 is 12.9. The Morgan fingerprint density at radius 3 is 2.79 bits per heavy atom. The predicted octanol–water partition coefficient (Wildman–Crippen LogP) is -0.754. The average Bonchev–Trinajstić information content (AvgIpc) is 2.34. The lowest BCUT2D eigenvalue weighted by Crippen LogP contribution is -2.93. The van der Waals surface area contributed by atoms with Gasteiger partial charge in [-0.3, -0.25) is 4.79 Å². The van der Waals surface area contributed by atoms with Crippen LogP contribution in [0.1, 0.15) is 19.8 Å². The van der Waals surface area contributed by atoms with E-state index >= 15 is 0 Å². The van der Waals surface area contributed by atoms with Gasteiger partial charge in [-0.15, -0.1) is 0 Å². The minimum absolute atomic E-state index is 0.209. The van der Waals surface area contributed by atoms with Crippen molar-refractivity contribution in [2.45, 2.75) is 25.8 Å². The highest BCUT2D eigenvalue weighted by atomic mass is 19.1. The van der Waals surface area contributed by atoms with Crippen molar-refractivity contribution in [3.8, 4) is 0 Å². The SMILES string of the molecule is CCC[NH2+][C@H](CC(=O)Nc1cccc(F)c1)C(=O)[O-]. The predicted molar refractivity (Wildman–Crippen MR) is 65.5 cm³/mol. The number of hydrogen-bond donors (Lipinski definition) is 2. The lowest BCUT2D eigenvalue weighted by atomic mass is 10.2. The van der Waals surface area contributed by atoms with E-state index in [4.69, 9.17) is 0 Å². The van der Waals surface area contributed by atoms with E-state index in [1.54, 1.807) is 5.32 Å². The second-order valence-corrected chi connectivity index (χ2v) is 4.21. The largest absolute Gasteiger partial charge is 0.544 e. The molecule has 104 valence electrons. The van der Waals surface area contributed by atoms with Gasteiger partial charge >= 0.3 is 0 Å². The summed E-state index contributed by atoms with van der Waals surface area (Å²) >= 11 is 0. The van der Waals surface area contributed by atoms with Gasteiger partial charge in [0.1, 0.15) is 11.9 Å². The van der Waals surface area contributed by atoms with Gasteiger partial charge in [0.2, 0.25) is 5.91 Å². The maximum Gasteiger partial charge on any atom is 0.230 e. The zero-order chi connectivity index (χ0) is 14.3. The van der Waals surface area contributed by atoms with Gasteiger partial charge in [-0.2, -0.15) is 0 Å². The van der Waals surface area contributed by atoms with E-state index in [0.717, 1.165) is 6.42 Å². The minimum atomic E-state index is -1.28. The molecular formula is C13H17FN2O3. The zero-order valence-corrected chi connectivity index (χ0v) is 10.7. The van der Waals surface area contributed by atoms with Crippen LogP contribution in [0.4, 0.5) is 10.1 Å². The van der Waals surface area contributed by atoms with Gasteiger partial charge in [-0.05, 0) is 24.6 Å². The second kappa shape index (κ2) is 7.48. The molecule has 0 saturated heterocycles. The fourth-order valence-electron chi connectivity index (χ4n) is 1.61. The molecule has 1 aromatic rings. The molecule has 1 rings (SSSR count). The van der Waals surface area contributed by atoms with Crippen LogP contribution in [0, 0.1) is 5.82 Å². The standard InChI is InChI=1S/C13H17FN2O3/c1-2-6-15-11(13(18)19)8-12(17)16-10-5-3-4-9(14)7-10/h3-5,7,11,15H,2,6,8H2,1H3,(H,16,17)(H,18,19)/t11-/m1/s1. The van der Waals surface area contributed by atoms with Gasteiger partial charge in [-0.25, -0.2) is 4.39 Å². The van der Waals surface area contributed by atoms with E-state index < -0.39 is 23.7 Å². The van der Waals surface area contributed by atoms with Crippen LogP contribution in [0.2, 0.25) is 0 Å². The molecule has 1 amide bonds. The number of carbonyl (C=O) groups is 2. The smallest absolute Gasteiger partial charge is 0.230 e. The summed E-state index contributed by atoms with van der Waals surface area (Å²) in [4.78, 5) is 22.5. The van der Waals surface area contributed by atoms with Crippen LogP contribution in [0.25, 0.3) is 0 Å². The highest BCUT2D eigenvalue weighted by molar-refractivity contribution is 5.93. The van der Waals surface area contributed by atoms with E-state index in [2.05, 4.69) is 5.32 Å². The number of aliphatic carboxylic acids is 1. The number of anilines is 1. The van der Waals surface area contributed by atoms with Crippen LogP contribution < -0.4 is 15.7 Å². The molecule has 1 aromatic carbocycles. The van der Waals surface area contributed by atoms with Crippen molar-refractivity contribution in [1.82, 2.24) is 0 Å². The van der Waals surface area contributed by atoms with Gasteiger partial charge in [0, 0.05) is 5.69 Å². The van der Waals surface area contributed by atoms with Crippen LogP contribution in [-0.2, 0) is 9.59 Å². The quantitative estimate of drug-likeness (QED) is 0.682. The first-order chi connectivity index (χ1) is 9.02. The fraction of sp³-hybridized carbons (Fsp3) is 0.385. The number of carboxylic acid groups (broad SMARTS) is 1. The summed E-state index contributed by atoms with van der Waals surface area (Å²) in [5.41, 5.74) is 0.303. The molecule has 0 fully saturated rings. The lowest BCUT2D eigenvalue weighted by Gasteiger charge is -2.15. The van der Waals surface area contributed by atoms with Crippen LogP contribution in [0.5, 0.6) is 0 Å². The van der Waals surface area contributed by atoms with E-state index in [1.807, 2.05) is 6.92 Å². The number of hydrogen-bond acceptors (Lipinski definition) is 3. The summed E-state index contributed by atoms with van der Waals surface area (Å²) in [6.45, 7) is 2.52. The molecule has 3 N–H and O–H groups in total. The van der Waals surface area contributed by atoms with Crippen LogP contribution in [-0.4, -0.2) is 24.5 Å². The third-order valence-corrected chi connectivity index (χ3v) is 2.56. The Kier molecular flexibility index (Phi) is 5.95. The maximum absolute atomic E-state index is 12.9. The molecule has 19 heavy (non-hydrogen) atoms. The molecule has 6 heteroatoms. The number of benzene rings is 1. The van der Waals surface area contributed by atoms with Crippen molar-refractivity contribution in [3.63, 3.8) is 0 Å². The maximum atomic E-state index is 12.9. The van der Waals surface area contributed by atoms with Crippen molar-refractivity contribution >= 4 is 17.6 Å². The first kappa shape index (κ1) is 15.1. The minimum Gasteiger partial charge on any atom is -0.544 e. The molecule has 5 nitrogen and oxygen atoms in total. The van der Waals surface area contributed by atoms with Gasteiger partial charge < -0.3 is 20.5 Å². The second-order valence-electron chi connectivity index (χ2n) is 4.21. The number of halogens is 1. The highest BCUT2D eigenvalue weighted by Gasteiger charge is 2.17. The van der Waals surface area contributed by atoms with E-state index in [-0.39, 0.29) is 6.42 Å². The molecule has 0 aromatic heterocycles. The third-order valence-electron chi connectivity index (χ3n) is 2.56. The molecule has 1 atom stereocenters. The number of nitrogens with one attached hydrogen (secondary N) is 1. The van der Waals surface area contributed by atoms with Crippen molar-refractivity contribution in [3.05, 3.63) is 30.1 Å². The van der Waals surface area contributed by atoms with Crippen molar-refractivity contribution in [2.24, 2.45) is 0 Å². The molecule has 0 aliphatic rings. The molecule has 0 saturated carbocycles. The topological polar surface area (TPSA) is 85.8 Å². The first-order valence-corrected chi connectivity index (χ1v) is 6.12. The molecule has 0 heterocycles. The number of amides is 1. The van der Waals surface area contributed by atoms with Gasteiger partial charge in [0.25, 0.3) is 0 Å². The number of carbonyl (C=O) groups excluding carboxylic acids is 2. The Bertz CT molecular complexity index is 451. The number of nitrogens with two attached hydrogens (primary N) is 1. The number of carboxylic acids is 1. The van der Waals surface area contributed by atoms with Crippen molar-refractivity contribution in [2.75, 3.05) is 11.9 Å². The Balaban J connectivity index is 2.55. The Labute approximate surface area is 110 Å². The Hall–Kier alpha value is -1.95. The van der Waals surface area contributed by atoms with Gasteiger partial charge in [0.05, 0.1) is 18.9 Å². The highest BCUT2D eigenvalue weighted by Crippen LogP contribution is 2.09. The number of quaternary nitrogens is 1. The van der Waals surface area contributed by atoms with Gasteiger partial charge in [-0.1, -0.05) is 13.0 Å². The molecular weight excluding hydrogens is 251 g/mol. The molecule has 0 bridgehead atoms. The molecule has 0 spiro atoms. The normalized spacial score (nSPS) is 11.9. The molecule has 0 aliphatic heterocycles. The summed E-state index contributed by atoms with van der Waals surface area (Å²) in [6.07, 6.45) is 0.591. The Morgan fingerprint density at radius 1 is 1.47 bits per heavy atom. The monoisotopic (exact) mass is 268 g/mol. The fourth-order valence-corrected chi connectivity index (χ4v) is 1.61. The summed E-state index contributed by atoms with van der Waals surface area (Å²) in [5.74, 6) is -2.22. The molecule has 0 unspecified atom stereocenters. The number of rotatable bonds is 7. The summed E-state index contributed by atoms with van der Waals surface area (Å²) in [5, 5.41) is 14.9.